The summed E-state index contributed by atoms with van der Waals surface area (Å²) in [5.74, 6) is -1.49. The van der Waals surface area contributed by atoms with E-state index in [1.165, 1.54) is 0 Å². The van der Waals surface area contributed by atoms with Gasteiger partial charge in [-0.1, -0.05) is 6.58 Å². The average molecular weight is 201 g/mol. The van der Waals surface area contributed by atoms with Crippen molar-refractivity contribution in [3.05, 3.63) is 18.4 Å². The summed E-state index contributed by atoms with van der Waals surface area (Å²) in [6.45, 7) is 2.69. The Hall–Kier alpha value is 0.120. The van der Waals surface area contributed by atoms with E-state index in [9.17, 15) is 13.2 Å². The zero-order valence-corrected chi connectivity index (χ0v) is 9.56. The van der Waals surface area contributed by atoms with Crippen molar-refractivity contribution in [2.24, 2.45) is 0 Å². The molecule has 5 nitrogen and oxygen atoms in total. The van der Waals surface area contributed by atoms with Gasteiger partial charge in [0.1, 0.15) is 0 Å². The first-order chi connectivity index (χ1) is 5.02. The van der Waals surface area contributed by atoms with Crippen molar-refractivity contribution in [1.29, 1.82) is 0 Å². The predicted molar refractivity (Wildman–Crippen MR) is 39.3 cm³/mol. The van der Waals surface area contributed by atoms with Crippen LogP contribution in [0.1, 0.15) is 0 Å². The molecule has 0 saturated carbocycles. The molecule has 0 bridgehead atoms. The van der Waals surface area contributed by atoms with Crippen molar-refractivity contribution in [1.82, 2.24) is 0 Å². The molecule has 12 heavy (non-hydrogen) atoms. The zero-order valence-electron chi connectivity index (χ0n) is 6.74. The molecule has 0 aromatic rings. The van der Waals surface area contributed by atoms with E-state index in [-0.39, 0.29) is 36.1 Å². The molecule has 1 N–H and O–H groups in total. The summed E-state index contributed by atoms with van der Waals surface area (Å²) in [6, 6.07) is 0. The second-order valence-electron chi connectivity index (χ2n) is 1.62. The van der Waals surface area contributed by atoms with Crippen LogP contribution in [0.5, 0.6) is 0 Å². The van der Waals surface area contributed by atoms with Gasteiger partial charge in [-0.25, -0.2) is 4.79 Å². The Morgan fingerprint density at radius 1 is 1.58 bits per heavy atom. The van der Waals surface area contributed by atoms with E-state index < -0.39 is 21.8 Å². The summed E-state index contributed by atoms with van der Waals surface area (Å²) in [5.41, 5.74) is 6.56. The molecule has 0 aliphatic rings. The second kappa shape index (κ2) is 6.62. The summed E-state index contributed by atoms with van der Waals surface area (Å²) in [4.78, 5) is 10.3. The average Bonchev–Trinajstić information content (AvgIpc) is 1.86. The van der Waals surface area contributed by atoms with Gasteiger partial charge in [-0.15, -0.1) is 6.54 Å². The Morgan fingerprint density at radius 3 is 2.42 bits per heavy atom. The quantitative estimate of drug-likeness (QED) is 0.277. The maximum absolute atomic E-state index is 10.6. The fourth-order valence-corrected chi connectivity index (χ4v) is 0.977. The minimum Gasteiger partial charge on any atom is -0.676 e. The predicted octanol–water partition coefficient (Wildman–Crippen LogP) is -2.90. The number of nitrogens with one attached hydrogen (secondary N) is 1. The van der Waals surface area contributed by atoms with Crippen LogP contribution in [0.25, 0.3) is 5.73 Å². The fourth-order valence-electron chi connectivity index (χ4n) is 0.326. The molecule has 0 heterocycles. The summed E-state index contributed by atoms with van der Waals surface area (Å²) in [5, 5.41) is 0. The molecule has 0 rings (SSSR count). The summed E-state index contributed by atoms with van der Waals surface area (Å²) < 4.78 is 25.1. The summed E-state index contributed by atoms with van der Waals surface area (Å²) >= 11 is 0. The Kier molecular flexibility index (Phi) is 8.07. The third kappa shape index (κ3) is 6.81. The van der Waals surface area contributed by atoms with Crippen molar-refractivity contribution in [3.8, 4) is 0 Å². The molecule has 0 radical (unpaired) electrons. The van der Waals surface area contributed by atoms with E-state index in [1.807, 2.05) is 0 Å². The van der Waals surface area contributed by atoms with Gasteiger partial charge >= 0.3 is 45.6 Å². The monoisotopic (exact) mass is 201 g/mol. The first-order valence-corrected chi connectivity index (χ1v) is 4.32. The van der Waals surface area contributed by atoms with Gasteiger partial charge in [0.05, 0.1) is 5.75 Å². The number of rotatable bonds is 4. The maximum Gasteiger partial charge on any atom is 1.00 e. The molecular weight excluding hydrogens is 193 g/mol. The first-order valence-electron chi connectivity index (χ1n) is 2.75. The second-order valence-corrected chi connectivity index (χ2v) is 3.31. The van der Waals surface area contributed by atoms with Crippen LogP contribution in [-0.4, -0.2) is 26.7 Å². The van der Waals surface area contributed by atoms with Crippen LogP contribution in [0.2, 0.25) is 0 Å². The largest absolute Gasteiger partial charge is 1.00 e. The molecule has 0 aromatic heterocycles. The molecule has 0 unspecified atom stereocenters. The van der Waals surface area contributed by atoms with Crippen LogP contribution in [0.4, 0.5) is 0 Å². The van der Waals surface area contributed by atoms with Crippen LogP contribution < -0.4 is 29.6 Å². The van der Waals surface area contributed by atoms with Crippen LogP contribution in [0, 0.1) is 0 Å². The molecule has 0 aliphatic carbocycles. The molecule has 0 atom stereocenters. The van der Waals surface area contributed by atoms with Crippen LogP contribution in [0.15, 0.2) is 12.7 Å². The maximum atomic E-state index is 10.6. The molecule has 7 heteroatoms. The number of carbonyl (C=O) groups excluding carboxylic acids is 1. The molecule has 0 aromatic carbocycles. The van der Waals surface area contributed by atoms with Gasteiger partial charge in [0.25, 0.3) is 0 Å². The van der Waals surface area contributed by atoms with Gasteiger partial charge in [-0.05, 0) is 0 Å². The normalized spacial score (nSPS) is 9.75. The molecular formula is C5H8NNaO4S. The first kappa shape index (κ1) is 14.6. The SMILES string of the molecule is C=CC(=O)OS(=O)(=O)CC[NH-].[Na+]. The van der Waals surface area contributed by atoms with Gasteiger partial charge in [-0.3, -0.25) is 0 Å². The Morgan fingerprint density at radius 2 is 2.08 bits per heavy atom. The molecule has 0 fully saturated rings. The van der Waals surface area contributed by atoms with Crippen LogP contribution >= 0.6 is 0 Å². The van der Waals surface area contributed by atoms with Gasteiger partial charge in [0.2, 0.25) is 0 Å². The van der Waals surface area contributed by atoms with E-state index in [0.717, 1.165) is 6.08 Å². The molecule has 64 valence electrons. The minimum atomic E-state index is -3.85. The summed E-state index contributed by atoms with van der Waals surface area (Å²) in [7, 11) is -3.85. The number of carbonyl (C=O) groups is 1. The van der Waals surface area contributed by atoms with Crippen molar-refractivity contribution in [2.75, 3.05) is 12.3 Å². The van der Waals surface area contributed by atoms with E-state index in [2.05, 4.69) is 10.8 Å². The van der Waals surface area contributed by atoms with Gasteiger partial charge in [0.15, 0.2) is 0 Å². The van der Waals surface area contributed by atoms with E-state index in [0.29, 0.717) is 0 Å². The zero-order chi connectivity index (χ0) is 8.91. The van der Waals surface area contributed by atoms with Crippen molar-refractivity contribution in [2.45, 2.75) is 0 Å². The number of hydrogen-bond donors (Lipinski definition) is 0. The van der Waals surface area contributed by atoms with Gasteiger partial charge < -0.3 is 9.92 Å². The standard InChI is InChI=1S/C5H8NO4S.Na/c1-2-5(7)10-11(8,9)4-3-6;/h2,6H,1,3-4H2;/q-1;+1. The fraction of sp³-hybridized carbons (Fsp3) is 0.400. The molecule has 0 spiro atoms. The Balaban J connectivity index is 0. The van der Waals surface area contributed by atoms with Gasteiger partial charge in [0, 0.05) is 6.08 Å². The van der Waals surface area contributed by atoms with Crippen molar-refractivity contribution >= 4 is 16.1 Å². The Bertz CT molecular complexity index is 248. The topological polar surface area (TPSA) is 84.2 Å². The third-order valence-corrected chi connectivity index (χ3v) is 1.85. The van der Waals surface area contributed by atoms with Crippen molar-refractivity contribution < 1.29 is 47.0 Å². The summed E-state index contributed by atoms with van der Waals surface area (Å²) in [6.07, 6.45) is 0.751. The van der Waals surface area contributed by atoms with Crippen LogP contribution in [-0.2, 0) is 19.1 Å². The molecule has 0 amide bonds. The molecule has 0 saturated heterocycles. The number of hydrogen-bond acceptors (Lipinski definition) is 4. The van der Waals surface area contributed by atoms with E-state index in [1.54, 1.807) is 0 Å². The van der Waals surface area contributed by atoms with Crippen molar-refractivity contribution in [3.63, 3.8) is 0 Å². The minimum absolute atomic E-state index is 0. The van der Waals surface area contributed by atoms with E-state index >= 15 is 0 Å². The molecule has 0 aliphatic heterocycles. The third-order valence-electron chi connectivity index (χ3n) is 0.728. The smallest absolute Gasteiger partial charge is 0.676 e. The van der Waals surface area contributed by atoms with Crippen LogP contribution in [0.3, 0.4) is 0 Å². The van der Waals surface area contributed by atoms with Gasteiger partial charge in [-0.2, -0.15) is 8.42 Å². The van der Waals surface area contributed by atoms with E-state index in [4.69, 9.17) is 5.73 Å². The Labute approximate surface area is 93.4 Å².